The summed E-state index contributed by atoms with van der Waals surface area (Å²) in [6.07, 6.45) is 4.71. The fourth-order valence-electron chi connectivity index (χ4n) is 1.02. The quantitative estimate of drug-likeness (QED) is 0.730. The van der Waals surface area contributed by atoms with Crippen molar-refractivity contribution in [3.05, 3.63) is 42.0 Å². The number of aliphatic hydroxyl groups is 1. The summed E-state index contributed by atoms with van der Waals surface area (Å²) in [7, 11) is 0. The van der Waals surface area contributed by atoms with Gasteiger partial charge in [-0.25, -0.2) is 0 Å². The molecule has 0 aliphatic heterocycles. The number of benzene rings is 1. The van der Waals surface area contributed by atoms with Crippen LogP contribution in [0, 0.1) is 0 Å². The van der Waals surface area contributed by atoms with Gasteiger partial charge in [0.25, 0.3) is 0 Å². The summed E-state index contributed by atoms with van der Waals surface area (Å²) >= 11 is 0. The third-order valence-corrected chi connectivity index (χ3v) is 1.78. The van der Waals surface area contributed by atoms with Crippen LogP contribution in [0.15, 0.2) is 36.4 Å². The molecule has 2 nitrogen and oxygen atoms in total. The molecule has 1 aromatic carbocycles. The highest BCUT2D eigenvalue weighted by molar-refractivity contribution is 5.48. The molecule has 0 radical (unpaired) electrons. The molecular formula is C11H15NO. The average molecular weight is 177 g/mol. The van der Waals surface area contributed by atoms with Gasteiger partial charge in [0.1, 0.15) is 0 Å². The van der Waals surface area contributed by atoms with Crippen LogP contribution in [-0.2, 0) is 0 Å². The molecule has 0 unspecified atom stereocenters. The molecule has 0 bridgehead atoms. The van der Waals surface area contributed by atoms with Crippen molar-refractivity contribution in [3.8, 4) is 0 Å². The molecule has 70 valence electrons. The lowest BCUT2D eigenvalue weighted by Gasteiger charge is -2.01. The highest BCUT2D eigenvalue weighted by atomic mass is 16.3. The molecule has 0 fully saturated rings. The summed E-state index contributed by atoms with van der Waals surface area (Å²) in [6.45, 7) is 0.0408. The number of nitrogens with two attached hydrogens (primary N) is 1. The van der Waals surface area contributed by atoms with Gasteiger partial charge in [-0.05, 0) is 12.0 Å². The van der Waals surface area contributed by atoms with Gasteiger partial charge in [-0.2, -0.15) is 0 Å². The predicted octanol–water partition coefficient (Wildman–Crippen LogP) is 1.41. The molecule has 1 aromatic rings. The van der Waals surface area contributed by atoms with Gasteiger partial charge in [-0.1, -0.05) is 42.5 Å². The Morgan fingerprint density at radius 3 is 2.62 bits per heavy atom. The first-order valence-corrected chi connectivity index (χ1v) is 4.41. The fraction of sp³-hybridized carbons (Fsp3) is 0.273. The molecule has 0 heterocycles. The molecular weight excluding hydrogens is 162 g/mol. The van der Waals surface area contributed by atoms with Gasteiger partial charge in [0.05, 0.1) is 6.61 Å². The van der Waals surface area contributed by atoms with Crippen LogP contribution in [0.5, 0.6) is 0 Å². The molecule has 0 saturated carbocycles. The molecule has 13 heavy (non-hydrogen) atoms. The van der Waals surface area contributed by atoms with E-state index in [2.05, 4.69) is 0 Å². The highest BCUT2D eigenvalue weighted by Crippen LogP contribution is 2.02. The standard InChI is InChI=1S/C11H15NO/c12-11(9-13)8-4-7-10-5-2-1-3-6-10/h1-7,11,13H,8-9,12H2/b7-4+/t11-/m1/s1. The van der Waals surface area contributed by atoms with Gasteiger partial charge >= 0.3 is 0 Å². The van der Waals surface area contributed by atoms with E-state index in [0.29, 0.717) is 6.42 Å². The molecule has 0 aromatic heterocycles. The Kier molecular flexibility index (Phi) is 4.23. The fourth-order valence-corrected chi connectivity index (χ4v) is 1.02. The van der Waals surface area contributed by atoms with Crippen LogP contribution in [0.25, 0.3) is 6.08 Å². The summed E-state index contributed by atoms with van der Waals surface area (Å²) in [4.78, 5) is 0. The molecule has 0 aliphatic rings. The van der Waals surface area contributed by atoms with Crippen molar-refractivity contribution in [2.24, 2.45) is 5.73 Å². The van der Waals surface area contributed by atoms with E-state index in [0.717, 1.165) is 5.56 Å². The maximum Gasteiger partial charge on any atom is 0.0585 e. The SMILES string of the molecule is N[C@@H](CO)C/C=C/c1ccccc1. The lowest BCUT2D eigenvalue weighted by Crippen LogP contribution is -2.22. The second-order valence-electron chi connectivity index (χ2n) is 2.99. The second kappa shape index (κ2) is 5.51. The summed E-state index contributed by atoms with van der Waals surface area (Å²) in [5.74, 6) is 0. The Balaban J connectivity index is 2.41. The monoisotopic (exact) mass is 177 g/mol. The zero-order chi connectivity index (χ0) is 9.52. The first-order chi connectivity index (χ1) is 6.33. The maximum atomic E-state index is 8.67. The minimum absolute atomic E-state index is 0.0408. The molecule has 1 atom stereocenters. The molecule has 0 aliphatic carbocycles. The Morgan fingerprint density at radius 1 is 1.31 bits per heavy atom. The molecule has 0 saturated heterocycles. The summed E-state index contributed by atoms with van der Waals surface area (Å²) in [5, 5.41) is 8.67. The minimum atomic E-state index is -0.139. The lowest BCUT2D eigenvalue weighted by atomic mass is 10.1. The van der Waals surface area contributed by atoms with Crippen molar-refractivity contribution in [2.45, 2.75) is 12.5 Å². The van der Waals surface area contributed by atoms with Gasteiger partial charge in [-0.15, -0.1) is 0 Å². The van der Waals surface area contributed by atoms with E-state index in [1.807, 2.05) is 42.5 Å². The van der Waals surface area contributed by atoms with Crippen molar-refractivity contribution in [2.75, 3.05) is 6.61 Å². The number of hydrogen-bond donors (Lipinski definition) is 2. The van der Waals surface area contributed by atoms with Gasteiger partial charge in [0, 0.05) is 6.04 Å². The summed E-state index contributed by atoms with van der Waals surface area (Å²) < 4.78 is 0. The molecule has 0 amide bonds. The van der Waals surface area contributed by atoms with Crippen molar-refractivity contribution in [3.63, 3.8) is 0 Å². The molecule has 0 spiro atoms. The molecule has 3 N–H and O–H groups in total. The van der Waals surface area contributed by atoms with E-state index in [1.165, 1.54) is 0 Å². The van der Waals surface area contributed by atoms with E-state index in [9.17, 15) is 0 Å². The zero-order valence-corrected chi connectivity index (χ0v) is 7.56. The predicted molar refractivity (Wildman–Crippen MR) is 55.2 cm³/mol. The number of hydrogen-bond acceptors (Lipinski definition) is 2. The van der Waals surface area contributed by atoms with Crippen LogP contribution in [-0.4, -0.2) is 17.8 Å². The first kappa shape index (κ1) is 9.96. The largest absolute Gasteiger partial charge is 0.395 e. The van der Waals surface area contributed by atoms with Crippen molar-refractivity contribution >= 4 is 6.08 Å². The zero-order valence-electron chi connectivity index (χ0n) is 7.56. The van der Waals surface area contributed by atoms with Crippen molar-refractivity contribution in [1.29, 1.82) is 0 Å². The Labute approximate surface area is 78.7 Å². The van der Waals surface area contributed by atoms with E-state index >= 15 is 0 Å². The van der Waals surface area contributed by atoms with Crippen LogP contribution in [0.1, 0.15) is 12.0 Å². The lowest BCUT2D eigenvalue weighted by molar-refractivity contribution is 0.267. The Morgan fingerprint density at radius 2 is 2.00 bits per heavy atom. The maximum absolute atomic E-state index is 8.67. The van der Waals surface area contributed by atoms with Crippen LogP contribution in [0.3, 0.4) is 0 Å². The average Bonchev–Trinajstić information content (AvgIpc) is 2.19. The van der Waals surface area contributed by atoms with E-state index < -0.39 is 0 Å². The smallest absolute Gasteiger partial charge is 0.0585 e. The van der Waals surface area contributed by atoms with Gasteiger partial charge in [0.15, 0.2) is 0 Å². The van der Waals surface area contributed by atoms with Gasteiger partial charge in [-0.3, -0.25) is 0 Å². The van der Waals surface area contributed by atoms with Crippen LogP contribution < -0.4 is 5.73 Å². The van der Waals surface area contributed by atoms with E-state index in [1.54, 1.807) is 0 Å². The van der Waals surface area contributed by atoms with Crippen molar-refractivity contribution < 1.29 is 5.11 Å². The van der Waals surface area contributed by atoms with Crippen LogP contribution in [0.4, 0.5) is 0 Å². The Bertz CT molecular complexity index is 256. The van der Waals surface area contributed by atoms with Crippen LogP contribution in [0.2, 0.25) is 0 Å². The first-order valence-electron chi connectivity index (χ1n) is 4.41. The van der Waals surface area contributed by atoms with E-state index in [4.69, 9.17) is 10.8 Å². The Hall–Kier alpha value is -1.12. The van der Waals surface area contributed by atoms with Crippen molar-refractivity contribution in [1.82, 2.24) is 0 Å². The number of aliphatic hydroxyl groups excluding tert-OH is 1. The third kappa shape index (κ3) is 3.87. The topological polar surface area (TPSA) is 46.2 Å². The van der Waals surface area contributed by atoms with Crippen LogP contribution >= 0.6 is 0 Å². The van der Waals surface area contributed by atoms with E-state index in [-0.39, 0.29) is 12.6 Å². The van der Waals surface area contributed by atoms with Gasteiger partial charge < -0.3 is 10.8 Å². The third-order valence-electron chi connectivity index (χ3n) is 1.78. The minimum Gasteiger partial charge on any atom is -0.395 e. The summed E-state index contributed by atoms with van der Waals surface area (Å²) in [6, 6.07) is 9.88. The number of rotatable bonds is 4. The highest BCUT2D eigenvalue weighted by Gasteiger charge is 1.94. The summed E-state index contributed by atoms with van der Waals surface area (Å²) in [5.41, 5.74) is 6.70. The normalized spacial score (nSPS) is 13.4. The molecule has 2 heteroatoms. The van der Waals surface area contributed by atoms with Gasteiger partial charge in [0.2, 0.25) is 0 Å². The molecule has 1 rings (SSSR count). The second-order valence-corrected chi connectivity index (χ2v) is 2.99.